The summed E-state index contributed by atoms with van der Waals surface area (Å²) in [7, 11) is 3.05. The van der Waals surface area contributed by atoms with Gasteiger partial charge in [-0.2, -0.15) is 10.1 Å². The Kier molecular flexibility index (Phi) is 5.03. The normalized spacial score (nSPS) is 13.8. The van der Waals surface area contributed by atoms with Crippen LogP contribution in [0.1, 0.15) is 5.56 Å². The van der Waals surface area contributed by atoms with E-state index in [2.05, 4.69) is 15.2 Å². The fraction of sp³-hybridized carbons (Fsp3) is 0.250. The van der Waals surface area contributed by atoms with Crippen molar-refractivity contribution in [1.29, 1.82) is 0 Å². The second-order valence-corrected chi connectivity index (χ2v) is 6.53. The van der Waals surface area contributed by atoms with Gasteiger partial charge in [0.1, 0.15) is 17.4 Å². The van der Waals surface area contributed by atoms with Crippen molar-refractivity contribution in [1.82, 2.24) is 20.1 Å². The lowest BCUT2D eigenvalue weighted by Gasteiger charge is -2.20. The molecule has 0 unspecified atom stereocenters. The van der Waals surface area contributed by atoms with E-state index in [0.717, 1.165) is 11.1 Å². The van der Waals surface area contributed by atoms with Crippen LogP contribution in [0, 0.1) is 5.82 Å². The lowest BCUT2D eigenvalue weighted by Crippen LogP contribution is -2.32. The third-order valence-electron chi connectivity index (χ3n) is 4.82. The summed E-state index contributed by atoms with van der Waals surface area (Å²) in [5.74, 6) is 1.07. The molecule has 0 saturated carbocycles. The number of rotatable bonds is 6. The van der Waals surface area contributed by atoms with Crippen LogP contribution in [0.2, 0.25) is 0 Å². The minimum Gasteiger partial charge on any atom is -0.496 e. The van der Waals surface area contributed by atoms with Crippen LogP contribution in [0.15, 0.2) is 42.7 Å². The maximum Gasteiger partial charge on any atom is 0.326 e. The van der Waals surface area contributed by atoms with Crippen LogP contribution >= 0.6 is 0 Å². The number of H-pyrrole nitrogens is 1. The standard InChI is InChI=1S/C20H20FN5O3/c1-28-17-5-3-15(21)9-13(17)12-25-7-8-26(20(25)27)18-6-4-16(19(24-18)29-2)14-10-22-23-11-14/h3-6,9-11H,7-8,12H2,1-2H3,(H,22,23). The van der Waals surface area contributed by atoms with Gasteiger partial charge in [0, 0.05) is 36.0 Å². The summed E-state index contributed by atoms with van der Waals surface area (Å²) >= 11 is 0. The number of urea groups is 1. The van der Waals surface area contributed by atoms with Gasteiger partial charge in [-0.05, 0) is 30.3 Å². The zero-order valence-corrected chi connectivity index (χ0v) is 16.1. The molecule has 0 spiro atoms. The molecule has 3 heterocycles. The zero-order valence-electron chi connectivity index (χ0n) is 16.1. The number of hydrogen-bond donors (Lipinski definition) is 1. The number of aromatic amines is 1. The Balaban J connectivity index is 1.56. The van der Waals surface area contributed by atoms with Gasteiger partial charge in [-0.15, -0.1) is 0 Å². The van der Waals surface area contributed by atoms with E-state index in [-0.39, 0.29) is 18.4 Å². The van der Waals surface area contributed by atoms with E-state index in [1.807, 2.05) is 6.07 Å². The number of aromatic nitrogens is 3. The minimum absolute atomic E-state index is 0.207. The lowest BCUT2D eigenvalue weighted by molar-refractivity contribution is 0.218. The van der Waals surface area contributed by atoms with Crippen molar-refractivity contribution >= 4 is 11.8 Å². The first kappa shape index (κ1) is 18.7. The molecule has 1 aliphatic rings. The maximum absolute atomic E-state index is 13.6. The number of halogens is 1. The molecule has 1 fully saturated rings. The molecule has 1 aliphatic heterocycles. The highest BCUT2D eigenvalue weighted by Crippen LogP contribution is 2.31. The largest absolute Gasteiger partial charge is 0.496 e. The maximum atomic E-state index is 13.6. The number of methoxy groups -OCH3 is 2. The summed E-state index contributed by atoms with van der Waals surface area (Å²) in [5, 5.41) is 6.70. The van der Waals surface area contributed by atoms with Gasteiger partial charge in [0.05, 0.1) is 27.0 Å². The molecule has 4 rings (SSSR count). The van der Waals surface area contributed by atoms with Crippen molar-refractivity contribution in [2.45, 2.75) is 6.54 Å². The molecule has 150 valence electrons. The van der Waals surface area contributed by atoms with E-state index in [4.69, 9.17) is 9.47 Å². The van der Waals surface area contributed by atoms with Crippen LogP contribution in [-0.4, -0.2) is 53.4 Å². The van der Waals surface area contributed by atoms with Gasteiger partial charge in [-0.3, -0.25) is 10.00 Å². The molecule has 1 saturated heterocycles. The van der Waals surface area contributed by atoms with Gasteiger partial charge in [0.15, 0.2) is 0 Å². The highest BCUT2D eigenvalue weighted by Gasteiger charge is 2.31. The van der Waals surface area contributed by atoms with Gasteiger partial charge in [-0.1, -0.05) is 0 Å². The second-order valence-electron chi connectivity index (χ2n) is 6.53. The highest BCUT2D eigenvalue weighted by atomic mass is 19.1. The van der Waals surface area contributed by atoms with Gasteiger partial charge >= 0.3 is 6.03 Å². The number of carbonyl (C=O) groups is 1. The number of benzene rings is 1. The summed E-state index contributed by atoms with van der Waals surface area (Å²) < 4.78 is 24.3. The minimum atomic E-state index is -0.370. The number of amides is 2. The predicted octanol–water partition coefficient (Wildman–Crippen LogP) is 3.07. The van der Waals surface area contributed by atoms with Crippen LogP contribution in [-0.2, 0) is 6.54 Å². The van der Waals surface area contributed by atoms with E-state index >= 15 is 0 Å². The Labute approximate surface area is 166 Å². The van der Waals surface area contributed by atoms with Crippen LogP contribution < -0.4 is 14.4 Å². The topological polar surface area (TPSA) is 83.6 Å². The molecule has 0 bridgehead atoms. The number of hydrogen-bond acceptors (Lipinski definition) is 5. The van der Waals surface area contributed by atoms with Crippen molar-refractivity contribution in [2.24, 2.45) is 0 Å². The summed E-state index contributed by atoms with van der Waals surface area (Å²) in [6.45, 7) is 1.21. The van der Waals surface area contributed by atoms with Crippen LogP contribution in [0.4, 0.5) is 15.0 Å². The molecule has 1 N–H and O–H groups in total. The summed E-state index contributed by atoms with van der Waals surface area (Å²) in [6, 6.07) is 7.69. The van der Waals surface area contributed by atoms with Crippen LogP contribution in [0.25, 0.3) is 11.1 Å². The van der Waals surface area contributed by atoms with Crippen molar-refractivity contribution in [2.75, 3.05) is 32.2 Å². The van der Waals surface area contributed by atoms with E-state index in [9.17, 15) is 9.18 Å². The number of ether oxygens (including phenoxy) is 2. The molecule has 29 heavy (non-hydrogen) atoms. The Morgan fingerprint density at radius 3 is 2.76 bits per heavy atom. The van der Waals surface area contributed by atoms with Crippen LogP contribution in [0.3, 0.4) is 0 Å². The molecular formula is C20H20FN5O3. The molecule has 9 heteroatoms. The van der Waals surface area contributed by atoms with E-state index in [1.165, 1.54) is 26.4 Å². The van der Waals surface area contributed by atoms with Gasteiger partial charge in [-0.25, -0.2) is 9.18 Å². The Morgan fingerprint density at radius 2 is 2.03 bits per heavy atom. The van der Waals surface area contributed by atoms with E-state index in [0.29, 0.717) is 36.1 Å². The smallest absolute Gasteiger partial charge is 0.326 e. The predicted molar refractivity (Wildman–Crippen MR) is 104 cm³/mol. The first-order valence-electron chi connectivity index (χ1n) is 9.03. The van der Waals surface area contributed by atoms with Crippen LogP contribution in [0.5, 0.6) is 11.6 Å². The highest BCUT2D eigenvalue weighted by molar-refractivity contribution is 5.93. The molecule has 3 aromatic rings. The average molecular weight is 397 g/mol. The Bertz CT molecular complexity index is 1020. The molecule has 0 atom stereocenters. The molecular weight excluding hydrogens is 377 g/mol. The van der Waals surface area contributed by atoms with Gasteiger partial charge in [0.2, 0.25) is 5.88 Å². The quantitative estimate of drug-likeness (QED) is 0.691. The van der Waals surface area contributed by atoms with Crippen molar-refractivity contribution in [3.8, 4) is 22.8 Å². The van der Waals surface area contributed by atoms with Crippen molar-refractivity contribution < 1.29 is 18.7 Å². The number of nitrogens with one attached hydrogen (secondary N) is 1. The fourth-order valence-electron chi connectivity index (χ4n) is 3.37. The number of pyridine rings is 1. The number of carbonyl (C=O) groups excluding carboxylic acids is 1. The molecule has 1 aromatic carbocycles. The summed E-state index contributed by atoms with van der Waals surface area (Å²) in [5.41, 5.74) is 2.23. The molecule has 2 amide bonds. The SMILES string of the molecule is COc1ccc(F)cc1CN1CCN(c2ccc(-c3cn[nH]c3)c(OC)n2)C1=O. The summed E-state index contributed by atoms with van der Waals surface area (Å²) in [6.07, 6.45) is 3.42. The average Bonchev–Trinajstić information content (AvgIpc) is 3.38. The third-order valence-corrected chi connectivity index (χ3v) is 4.82. The third kappa shape index (κ3) is 3.58. The van der Waals surface area contributed by atoms with E-state index in [1.54, 1.807) is 34.3 Å². The first-order valence-corrected chi connectivity index (χ1v) is 9.03. The first-order chi connectivity index (χ1) is 14.1. The van der Waals surface area contributed by atoms with E-state index < -0.39 is 0 Å². The number of nitrogens with zero attached hydrogens (tertiary/aromatic N) is 4. The van der Waals surface area contributed by atoms with Gasteiger partial charge < -0.3 is 14.4 Å². The molecule has 8 nitrogen and oxygen atoms in total. The van der Waals surface area contributed by atoms with Gasteiger partial charge in [0.25, 0.3) is 0 Å². The monoisotopic (exact) mass is 397 g/mol. The second kappa shape index (κ2) is 7.78. The Hall–Kier alpha value is -3.62. The summed E-state index contributed by atoms with van der Waals surface area (Å²) in [4.78, 5) is 20.6. The molecule has 0 aliphatic carbocycles. The molecule has 0 radical (unpaired) electrons. The fourth-order valence-corrected chi connectivity index (χ4v) is 3.37. The molecule has 2 aromatic heterocycles. The lowest BCUT2D eigenvalue weighted by atomic mass is 10.1. The number of anilines is 1. The Morgan fingerprint density at radius 1 is 1.17 bits per heavy atom. The zero-order chi connectivity index (χ0) is 20.4. The van der Waals surface area contributed by atoms with Crippen molar-refractivity contribution in [3.63, 3.8) is 0 Å². The van der Waals surface area contributed by atoms with Crippen molar-refractivity contribution in [3.05, 3.63) is 54.1 Å².